The Kier molecular flexibility index (Phi) is 3.93. The van der Waals surface area contributed by atoms with E-state index < -0.39 is 0 Å². The smallest absolute Gasteiger partial charge is 0.240 e. The van der Waals surface area contributed by atoms with Crippen LogP contribution in [0.4, 0.5) is 0 Å². The monoisotopic (exact) mass is 198 g/mol. The summed E-state index contributed by atoms with van der Waals surface area (Å²) in [6, 6.07) is 0. The van der Waals surface area contributed by atoms with Gasteiger partial charge >= 0.3 is 0 Å². The lowest BCUT2D eigenvalue weighted by Gasteiger charge is -2.35. The largest absolute Gasteiger partial charge is 0.291 e. The number of hydrazine groups is 1. The molecule has 0 aromatic heterocycles. The molecule has 0 aromatic rings. The summed E-state index contributed by atoms with van der Waals surface area (Å²) in [5.41, 5.74) is 5.17. The lowest BCUT2D eigenvalue weighted by atomic mass is 9.70. The Morgan fingerprint density at radius 3 is 2.29 bits per heavy atom. The maximum Gasteiger partial charge on any atom is 0.240 e. The first kappa shape index (κ1) is 11.5. The number of nitrogens with one attached hydrogen (secondary N) is 2. The van der Waals surface area contributed by atoms with Crippen molar-refractivity contribution < 1.29 is 4.79 Å². The Labute approximate surface area is 86.6 Å². The summed E-state index contributed by atoms with van der Waals surface area (Å²) in [7, 11) is 1.73. The van der Waals surface area contributed by atoms with Crippen molar-refractivity contribution in [1.29, 1.82) is 0 Å². The molecule has 0 saturated heterocycles. The van der Waals surface area contributed by atoms with Crippen LogP contribution in [0.2, 0.25) is 0 Å². The van der Waals surface area contributed by atoms with Crippen LogP contribution >= 0.6 is 0 Å². The third kappa shape index (κ3) is 2.47. The minimum atomic E-state index is -0.233. The van der Waals surface area contributed by atoms with Gasteiger partial charge in [0.2, 0.25) is 5.91 Å². The number of amides is 1. The van der Waals surface area contributed by atoms with Gasteiger partial charge < -0.3 is 0 Å². The summed E-state index contributed by atoms with van der Waals surface area (Å²) in [5.74, 6) is 0.663. The molecule has 0 radical (unpaired) electrons. The summed E-state index contributed by atoms with van der Waals surface area (Å²) in [4.78, 5) is 11.8. The second-order valence-corrected chi connectivity index (χ2v) is 4.76. The third-order valence-electron chi connectivity index (χ3n) is 3.45. The summed E-state index contributed by atoms with van der Waals surface area (Å²) in [6.45, 7) is 4.10. The predicted octanol–water partition coefficient (Wildman–Crippen LogP) is 1.84. The van der Waals surface area contributed by atoms with E-state index >= 15 is 0 Å². The SMILES string of the molecule is CNNC(=O)C(C)(C)C1CCCCC1. The van der Waals surface area contributed by atoms with E-state index in [9.17, 15) is 4.79 Å². The van der Waals surface area contributed by atoms with Crippen LogP contribution < -0.4 is 10.9 Å². The zero-order valence-corrected chi connectivity index (χ0v) is 9.52. The van der Waals surface area contributed by atoms with Gasteiger partial charge in [-0.3, -0.25) is 10.2 Å². The highest BCUT2D eigenvalue weighted by atomic mass is 16.2. The summed E-state index contributed by atoms with van der Waals surface area (Å²) >= 11 is 0. The van der Waals surface area contributed by atoms with Crippen LogP contribution in [-0.4, -0.2) is 13.0 Å². The van der Waals surface area contributed by atoms with Crippen molar-refractivity contribution in [1.82, 2.24) is 10.9 Å². The van der Waals surface area contributed by atoms with Crippen molar-refractivity contribution in [2.24, 2.45) is 11.3 Å². The Balaban J connectivity index is 2.57. The van der Waals surface area contributed by atoms with Crippen LogP contribution in [0.1, 0.15) is 46.0 Å². The average molecular weight is 198 g/mol. The summed E-state index contributed by atoms with van der Waals surface area (Å²) in [6.07, 6.45) is 6.29. The first-order chi connectivity index (χ1) is 6.59. The number of carbonyl (C=O) groups is 1. The normalized spacial score (nSPS) is 19.4. The van der Waals surface area contributed by atoms with Crippen LogP contribution in [0, 0.1) is 11.3 Å². The molecule has 1 aliphatic carbocycles. The molecule has 82 valence electrons. The molecule has 1 fully saturated rings. The molecule has 1 saturated carbocycles. The molecule has 0 heterocycles. The van der Waals surface area contributed by atoms with Gasteiger partial charge in [-0.2, -0.15) is 0 Å². The Bertz CT molecular complexity index is 195. The molecule has 1 aliphatic rings. The van der Waals surface area contributed by atoms with Gasteiger partial charge in [-0.25, -0.2) is 5.43 Å². The van der Waals surface area contributed by atoms with Crippen LogP contribution in [0.3, 0.4) is 0 Å². The zero-order chi connectivity index (χ0) is 10.6. The van der Waals surface area contributed by atoms with Gasteiger partial charge in [0.15, 0.2) is 0 Å². The van der Waals surface area contributed by atoms with Gasteiger partial charge in [-0.15, -0.1) is 0 Å². The average Bonchev–Trinajstić information content (AvgIpc) is 2.19. The van der Waals surface area contributed by atoms with E-state index in [0.717, 1.165) is 0 Å². The lowest BCUT2D eigenvalue weighted by Crippen LogP contribution is -2.47. The van der Waals surface area contributed by atoms with Crippen LogP contribution in [0.25, 0.3) is 0 Å². The van der Waals surface area contributed by atoms with Gasteiger partial charge in [-0.05, 0) is 18.8 Å². The molecule has 2 N–H and O–H groups in total. The van der Waals surface area contributed by atoms with E-state index in [0.29, 0.717) is 5.92 Å². The molecule has 3 nitrogen and oxygen atoms in total. The van der Waals surface area contributed by atoms with E-state index in [4.69, 9.17) is 0 Å². The number of hydrogen-bond acceptors (Lipinski definition) is 2. The van der Waals surface area contributed by atoms with Crippen molar-refractivity contribution >= 4 is 5.91 Å². The van der Waals surface area contributed by atoms with Crippen molar-refractivity contribution in [3.63, 3.8) is 0 Å². The maximum atomic E-state index is 11.8. The molecule has 0 spiro atoms. The minimum absolute atomic E-state index is 0.118. The molecule has 0 bridgehead atoms. The molecular weight excluding hydrogens is 176 g/mol. The molecule has 0 atom stereocenters. The molecule has 1 rings (SSSR count). The Morgan fingerprint density at radius 1 is 1.21 bits per heavy atom. The van der Waals surface area contributed by atoms with Crippen molar-refractivity contribution in [3.05, 3.63) is 0 Å². The topological polar surface area (TPSA) is 41.1 Å². The first-order valence-corrected chi connectivity index (χ1v) is 5.56. The fourth-order valence-electron chi connectivity index (χ4n) is 2.28. The maximum absolute atomic E-state index is 11.8. The summed E-state index contributed by atoms with van der Waals surface area (Å²) < 4.78 is 0. The Morgan fingerprint density at radius 2 is 1.79 bits per heavy atom. The molecule has 3 heteroatoms. The summed E-state index contributed by atoms with van der Waals surface area (Å²) in [5, 5.41) is 0. The van der Waals surface area contributed by atoms with E-state index in [1.54, 1.807) is 7.05 Å². The van der Waals surface area contributed by atoms with Crippen molar-refractivity contribution in [3.8, 4) is 0 Å². The first-order valence-electron chi connectivity index (χ1n) is 5.56. The zero-order valence-electron chi connectivity index (χ0n) is 9.52. The fourth-order valence-corrected chi connectivity index (χ4v) is 2.28. The molecular formula is C11H22N2O. The van der Waals surface area contributed by atoms with E-state index in [2.05, 4.69) is 24.7 Å². The molecule has 1 amide bonds. The van der Waals surface area contributed by atoms with Gasteiger partial charge in [0.05, 0.1) is 0 Å². The van der Waals surface area contributed by atoms with E-state index in [1.807, 2.05) is 0 Å². The van der Waals surface area contributed by atoms with Gasteiger partial charge in [0, 0.05) is 12.5 Å². The standard InChI is InChI=1S/C11H22N2O/c1-11(2,10(14)13-12-3)9-7-5-4-6-8-9/h9,12H,4-8H2,1-3H3,(H,13,14). The number of hydrogen-bond donors (Lipinski definition) is 2. The molecule has 0 aliphatic heterocycles. The highest BCUT2D eigenvalue weighted by molar-refractivity contribution is 5.81. The van der Waals surface area contributed by atoms with Crippen molar-refractivity contribution in [2.45, 2.75) is 46.0 Å². The second-order valence-electron chi connectivity index (χ2n) is 4.76. The van der Waals surface area contributed by atoms with Crippen molar-refractivity contribution in [2.75, 3.05) is 7.05 Å². The fraction of sp³-hybridized carbons (Fsp3) is 0.909. The highest BCUT2D eigenvalue weighted by Crippen LogP contribution is 2.38. The number of rotatable bonds is 3. The molecule has 0 aromatic carbocycles. The predicted molar refractivity (Wildman–Crippen MR) is 57.6 cm³/mol. The quantitative estimate of drug-likeness (QED) is 0.679. The number of carbonyl (C=O) groups excluding carboxylic acids is 1. The minimum Gasteiger partial charge on any atom is -0.291 e. The Hall–Kier alpha value is -0.570. The third-order valence-corrected chi connectivity index (χ3v) is 3.45. The second kappa shape index (κ2) is 4.78. The van der Waals surface area contributed by atoms with Crippen LogP contribution in [-0.2, 0) is 4.79 Å². The van der Waals surface area contributed by atoms with Crippen LogP contribution in [0.5, 0.6) is 0 Å². The highest BCUT2D eigenvalue weighted by Gasteiger charge is 2.36. The molecule has 0 unspecified atom stereocenters. The van der Waals surface area contributed by atoms with Gasteiger partial charge in [0.1, 0.15) is 0 Å². The van der Waals surface area contributed by atoms with E-state index in [-0.39, 0.29) is 11.3 Å². The van der Waals surface area contributed by atoms with Gasteiger partial charge in [0.25, 0.3) is 0 Å². The lowest BCUT2D eigenvalue weighted by molar-refractivity contribution is -0.133. The molecule has 14 heavy (non-hydrogen) atoms. The van der Waals surface area contributed by atoms with Gasteiger partial charge in [-0.1, -0.05) is 33.1 Å². The van der Waals surface area contributed by atoms with E-state index in [1.165, 1.54) is 32.1 Å². The van der Waals surface area contributed by atoms with Crippen LogP contribution in [0.15, 0.2) is 0 Å².